The number of hydrogen-bond acceptors (Lipinski definition) is 2. The second kappa shape index (κ2) is 9.62. The highest BCUT2D eigenvalue weighted by Crippen LogP contribution is 2.22. The molecule has 0 unspecified atom stereocenters. The molecule has 1 amide bonds. The van der Waals surface area contributed by atoms with Crippen molar-refractivity contribution in [2.75, 3.05) is 6.54 Å². The van der Waals surface area contributed by atoms with Crippen molar-refractivity contribution in [1.82, 2.24) is 5.32 Å². The smallest absolute Gasteiger partial charge is 0.407 e. The third-order valence-corrected chi connectivity index (χ3v) is 2.89. The molecule has 0 bridgehead atoms. The highest BCUT2D eigenvalue weighted by molar-refractivity contribution is 5.67. The van der Waals surface area contributed by atoms with Crippen molar-refractivity contribution in [1.29, 1.82) is 0 Å². The highest BCUT2D eigenvalue weighted by Gasteiger charge is 2.15. The lowest BCUT2D eigenvalue weighted by Crippen LogP contribution is -2.33. The van der Waals surface area contributed by atoms with E-state index in [0.717, 1.165) is 25.7 Å². The first-order valence-corrected chi connectivity index (χ1v) is 7.75. The van der Waals surface area contributed by atoms with E-state index in [4.69, 9.17) is 4.74 Å². The maximum Gasteiger partial charge on any atom is 0.407 e. The van der Waals surface area contributed by atoms with Crippen LogP contribution < -0.4 is 5.32 Å². The zero-order chi connectivity index (χ0) is 15.6. The van der Waals surface area contributed by atoms with Crippen LogP contribution in [0.3, 0.4) is 0 Å². The van der Waals surface area contributed by atoms with Gasteiger partial charge in [0.2, 0.25) is 0 Å². The number of ether oxygens (including phenoxy) is 1. The molecule has 0 saturated heterocycles. The van der Waals surface area contributed by atoms with Crippen LogP contribution in [0, 0.1) is 0 Å². The molecule has 1 aliphatic carbocycles. The number of nitrogens with one attached hydrogen (secondary N) is 1. The average molecular weight is 281 g/mol. The van der Waals surface area contributed by atoms with Crippen molar-refractivity contribution in [3.8, 4) is 0 Å². The third-order valence-electron chi connectivity index (χ3n) is 2.89. The predicted molar refractivity (Wildman–Crippen MR) is 85.9 cm³/mol. The Labute approximate surface area is 124 Å². The molecule has 1 N–H and O–H groups in total. The van der Waals surface area contributed by atoms with Crippen molar-refractivity contribution in [2.24, 2.45) is 0 Å². The molecular formula is C17H31NO2. The number of hydrogen-bond donors (Lipinski definition) is 1. The summed E-state index contributed by atoms with van der Waals surface area (Å²) < 4.78 is 5.18. The first-order chi connectivity index (χ1) is 9.40. The van der Waals surface area contributed by atoms with E-state index in [1.165, 1.54) is 11.1 Å². The van der Waals surface area contributed by atoms with Gasteiger partial charge >= 0.3 is 6.09 Å². The lowest BCUT2D eigenvalue weighted by Gasteiger charge is -2.20. The van der Waals surface area contributed by atoms with Crippen LogP contribution in [0.5, 0.6) is 0 Å². The van der Waals surface area contributed by atoms with Crippen LogP contribution in [-0.2, 0) is 4.74 Å². The summed E-state index contributed by atoms with van der Waals surface area (Å²) >= 11 is 0. The van der Waals surface area contributed by atoms with Crippen molar-refractivity contribution in [2.45, 2.75) is 72.8 Å². The molecule has 0 aromatic heterocycles. The molecule has 1 rings (SSSR count). The quantitative estimate of drug-likeness (QED) is 0.789. The zero-order valence-corrected chi connectivity index (χ0v) is 14.0. The van der Waals surface area contributed by atoms with Gasteiger partial charge in [-0.2, -0.15) is 0 Å². The van der Waals surface area contributed by atoms with E-state index in [-0.39, 0.29) is 6.09 Å². The molecule has 0 spiro atoms. The molecule has 0 saturated carbocycles. The van der Waals surface area contributed by atoms with E-state index in [1.54, 1.807) is 0 Å². The van der Waals surface area contributed by atoms with E-state index in [2.05, 4.69) is 24.4 Å². The Balaban J connectivity index is 0.00000172. The van der Waals surface area contributed by atoms with Gasteiger partial charge in [-0.3, -0.25) is 0 Å². The minimum Gasteiger partial charge on any atom is -0.444 e. The Hall–Kier alpha value is -1.25. The normalized spacial score (nSPS) is 14.5. The van der Waals surface area contributed by atoms with E-state index >= 15 is 0 Å². The van der Waals surface area contributed by atoms with Crippen molar-refractivity contribution in [3.63, 3.8) is 0 Å². The first-order valence-electron chi connectivity index (χ1n) is 7.75. The van der Waals surface area contributed by atoms with Crippen LogP contribution in [0.15, 0.2) is 23.3 Å². The molecule has 1 aliphatic rings. The fourth-order valence-corrected chi connectivity index (χ4v) is 1.87. The van der Waals surface area contributed by atoms with Gasteiger partial charge in [0.1, 0.15) is 5.60 Å². The van der Waals surface area contributed by atoms with Crippen molar-refractivity contribution < 1.29 is 9.53 Å². The summed E-state index contributed by atoms with van der Waals surface area (Å²) in [5, 5.41) is 2.79. The SMILES string of the molecule is CC.CCC1=CC=C(CCNC(=O)OC(C)(C)C)CC1. The van der Waals surface area contributed by atoms with Crippen molar-refractivity contribution in [3.05, 3.63) is 23.3 Å². The van der Waals surface area contributed by atoms with E-state index in [9.17, 15) is 4.79 Å². The number of amides is 1. The Morgan fingerprint density at radius 1 is 1.20 bits per heavy atom. The Morgan fingerprint density at radius 2 is 1.75 bits per heavy atom. The number of carbonyl (C=O) groups is 1. The molecule has 0 aliphatic heterocycles. The molecule has 0 aromatic carbocycles. The topological polar surface area (TPSA) is 38.3 Å². The summed E-state index contributed by atoms with van der Waals surface area (Å²) in [6.07, 6.45) is 8.41. The van der Waals surface area contributed by atoms with Gasteiger partial charge in [-0.05, 0) is 46.5 Å². The van der Waals surface area contributed by atoms with Gasteiger partial charge in [-0.1, -0.05) is 44.1 Å². The Bertz CT molecular complexity index is 348. The van der Waals surface area contributed by atoms with E-state index in [0.29, 0.717) is 6.54 Å². The largest absolute Gasteiger partial charge is 0.444 e. The molecule has 20 heavy (non-hydrogen) atoms. The molecule has 3 heteroatoms. The molecule has 0 heterocycles. The van der Waals surface area contributed by atoms with Crippen LogP contribution in [0.1, 0.15) is 67.2 Å². The fraction of sp³-hybridized carbons (Fsp3) is 0.706. The van der Waals surface area contributed by atoms with Gasteiger partial charge in [-0.25, -0.2) is 4.79 Å². The number of allylic oxidation sites excluding steroid dienone is 3. The van der Waals surface area contributed by atoms with Gasteiger partial charge in [0, 0.05) is 6.54 Å². The van der Waals surface area contributed by atoms with E-state index in [1.807, 2.05) is 34.6 Å². The predicted octanol–water partition coefficient (Wildman–Crippen LogP) is 4.98. The number of alkyl carbamates (subject to hydrolysis) is 1. The Morgan fingerprint density at radius 3 is 2.20 bits per heavy atom. The molecule has 0 aromatic rings. The van der Waals surface area contributed by atoms with Crippen LogP contribution in [0.4, 0.5) is 4.79 Å². The maximum absolute atomic E-state index is 11.4. The molecule has 3 nitrogen and oxygen atoms in total. The summed E-state index contributed by atoms with van der Waals surface area (Å²) in [6, 6.07) is 0. The average Bonchev–Trinajstić information content (AvgIpc) is 2.40. The third kappa shape index (κ3) is 8.78. The monoisotopic (exact) mass is 281 g/mol. The van der Waals surface area contributed by atoms with Crippen LogP contribution >= 0.6 is 0 Å². The second-order valence-corrected chi connectivity index (χ2v) is 5.68. The summed E-state index contributed by atoms with van der Waals surface area (Å²) in [4.78, 5) is 11.4. The summed E-state index contributed by atoms with van der Waals surface area (Å²) in [5.74, 6) is 0. The first kappa shape index (κ1) is 18.8. The number of rotatable bonds is 4. The van der Waals surface area contributed by atoms with Gasteiger partial charge in [-0.15, -0.1) is 0 Å². The number of carbonyl (C=O) groups excluding carboxylic acids is 1. The van der Waals surface area contributed by atoms with Crippen LogP contribution in [0.2, 0.25) is 0 Å². The van der Waals surface area contributed by atoms with E-state index < -0.39 is 5.60 Å². The second-order valence-electron chi connectivity index (χ2n) is 5.68. The minimum atomic E-state index is -0.424. The lowest BCUT2D eigenvalue weighted by molar-refractivity contribution is 0.0528. The molecule has 116 valence electrons. The summed E-state index contributed by atoms with van der Waals surface area (Å²) in [5.41, 5.74) is 2.49. The minimum absolute atomic E-state index is 0.330. The molecule has 0 atom stereocenters. The van der Waals surface area contributed by atoms with Gasteiger partial charge in [0.05, 0.1) is 0 Å². The maximum atomic E-state index is 11.4. The van der Waals surface area contributed by atoms with Crippen molar-refractivity contribution >= 4 is 6.09 Å². The van der Waals surface area contributed by atoms with Gasteiger partial charge in [0.25, 0.3) is 0 Å². The fourth-order valence-electron chi connectivity index (χ4n) is 1.87. The lowest BCUT2D eigenvalue weighted by atomic mass is 9.95. The van der Waals surface area contributed by atoms with Gasteiger partial charge in [0.15, 0.2) is 0 Å². The standard InChI is InChI=1S/C15H25NO2.C2H6/c1-5-12-6-8-13(9-7-12)10-11-16-14(17)18-15(2,3)4;1-2/h6,8H,5,7,9-11H2,1-4H3,(H,16,17);1-2H3. The molecule has 0 radical (unpaired) electrons. The summed E-state index contributed by atoms with van der Waals surface area (Å²) in [6.45, 7) is 12.4. The van der Waals surface area contributed by atoms with Crippen LogP contribution in [-0.4, -0.2) is 18.2 Å². The van der Waals surface area contributed by atoms with Crippen LogP contribution in [0.25, 0.3) is 0 Å². The Kier molecular flexibility index (Phi) is 9.02. The zero-order valence-electron chi connectivity index (χ0n) is 14.0. The molecular weight excluding hydrogens is 250 g/mol. The highest BCUT2D eigenvalue weighted by atomic mass is 16.6. The molecule has 0 fully saturated rings. The van der Waals surface area contributed by atoms with Gasteiger partial charge < -0.3 is 10.1 Å². The summed E-state index contributed by atoms with van der Waals surface area (Å²) in [7, 11) is 0.